The van der Waals surface area contributed by atoms with E-state index in [0.29, 0.717) is 11.6 Å². The molecular weight excluding hydrogens is 390 g/mol. The van der Waals surface area contributed by atoms with Crippen LogP contribution >= 0.6 is 22.9 Å². The Bertz CT molecular complexity index is 1090. The number of aromatic nitrogens is 2. The number of anilines is 1. The first-order chi connectivity index (χ1) is 13.7. The Labute approximate surface area is 171 Å². The van der Waals surface area contributed by atoms with Gasteiger partial charge in [0.1, 0.15) is 5.01 Å². The number of carbonyl (C=O) groups excluding carboxylic acids is 1. The number of thiazole rings is 1. The van der Waals surface area contributed by atoms with Crippen molar-refractivity contribution in [1.29, 1.82) is 0 Å². The highest BCUT2D eigenvalue weighted by Gasteiger charge is 2.15. The molecule has 0 atom stereocenters. The average Bonchev–Trinajstić information content (AvgIpc) is 3.15. The molecule has 138 valence electrons. The van der Waals surface area contributed by atoms with E-state index in [2.05, 4.69) is 9.97 Å². The van der Waals surface area contributed by atoms with Gasteiger partial charge in [0.25, 0.3) is 5.91 Å². The van der Waals surface area contributed by atoms with Gasteiger partial charge in [0.2, 0.25) is 0 Å². The largest absolute Gasteiger partial charge is 0.303 e. The summed E-state index contributed by atoms with van der Waals surface area (Å²) in [5.74, 6) is -0.146. The summed E-state index contributed by atoms with van der Waals surface area (Å²) in [6.07, 6.45) is 5.03. The van der Waals surface area contributed by atoms with E-state index in [1.807, 2.05) is 54.6 Å². The van der Waals surface area contributed by atoms with Crippen LogP contribution in [0, 0.1) is 0 Å². The molecular formula is C22H16ClN3OS. The highest BCUT2D eigenvalue weighted by Crippen LogP contribution is 2.24. The summed E-state index contributed by atoms with van der Waals surface area (Å²) in [7, 11) is 0. The van der Waals surface area contributed by atoms with Crippen molar-refractivity contribution < 1.29 is 4.79 Å². The van der Waals surface area contributed by atoms with Crippen molar-refractivity contribution in [1.82, 2.24) is 9.97 Å². The molecule has 0 aliphatic rings. The van der Waals surface area contributed by atoms with Crippen LogP contribution in [-0.4, -0.2) is 15.9 Å². The van der Waals surface area contributed by atoms with Crippen LogP contribution < -0.4 is 4.90 Å². The first-order valence-electron chi connectivity index (χ1n) is 8.70. The fourth-order valence-electron chi connectivity index (χ4n) is 2.77. The number of pyridine rings is 1. The second kappa shape index (κ2) is 8.33. The normalized spacial score (nSPS) is 11.2. The van der Waals surface area contributed by atoms with Crippen molar-refractivity contribution >= 4 is 50.8 Å². The third-order valence-corrected chi connectivity index (χ3v) is 5.38. The standard InChI is InChI=1S/C22H16ClN3OS/c23-16-8-10-18(11-9-16)26(15-17-5-3-4-14-24-17)22(27)13-12-21-25-19-6-1-2-7-20(19)28-21/h1-14H,15H2/b13-12+. The van der Waals surface area contributed by atoms with Gasteiger partial charge in [-0.1, -0.05) is 29.8 Å². The van der Waals surface area contributed by atoms with Crippen LogP contribution in [0.1, 0.15) is 10.7 Å². The van der Waals surface area contributed by atoms with Crippen molar-refractivity contribution in [3.05, 3.63) is 94.7 Å². The lowest BCUT2D eigenvalue weighted by Gasteiger charge is -2.21. The molecule has 2 aromatic carbocycles. The molecule has 2 aromatic heterocycles. The van der Waals surface area contributed by atoms with Gasteiger partial charge < -0.3 is 4.90 Å². The summed E-state index contributed by atoms with van der Waals surface area (Å²) in [5, 5.41) is 1.42. The molecule has 28 heavy (non-hydrogen) atoms. The molecule has 4 nitrogen and oxygen atoms in total. The van der Waals surface area contributed by atoms with E-state index in [9.17, 15) is 4.79 Å². The molecule has 0 radical (unpaired) electrons. The molecule has 4 aromatic rings. The number of para-hydroxylation sites is 1. The molecule has 6 heteroatoms. The predicted molar refractivity (Wildman–Crippen MR) is 116 cm³/mol. The number of halogens is 1. The summed E-state index contributed by atoms with van der Waals surface area (Å²) in [6.45, 7) is 0.367. The summed E-state index contributed by atoms with van der Waals surface area (Å²) in [4.78, 5) is 23.5. The lowest BCUT2D eigenvalue weighted by atomic mass is 10.2. The molecule has 0 saturated carbocycles. The summed E-state index contributed by atoms with van der Waals surface area (Å²) < 4.78 is 1.10. The van der Waals surface area contributed by atoms with Gasteiger partial charge in [0.15, 0.2) is 0 Å². The lowest BCUT2D eigenvalue weighted by Crippen LogP contribution is -2.29. The lowest BCUT2D eigenvalue weighted by molar-refractivity contribution is -0.114. The van der Waals surface area contributed by atoms with Crippen molar-refractivity contribution in [2.75, 3.05) is 4.90 Å². The number of nitrogens with zero attached hydrogens (tertiary/aromatic N) is 3. The maximum atomic E-state index is 13.0. The maximum Gasteiger partial charge on any atom is 0.251 e. The van der Waals surface area contributed by atoms with Crippen molar-refractivity contribution in [3.8, 4) is 0 Å². The third-order valence-electron chi connectivity index (χ3n) is 4.13. The number of hydrogen-bond acceptors (Lipinski definition) is 4. The van der Waals surface area contributed by atoms with Crippen molar-refractivity contribution in [2.45, 2.75) is 6.54 Å². The molecule has 0 fully saturated rings. The van der Waals surface area contributed by atoms with Crippen LogP contribution in [0.3, 0.4) is 0 Å². The van der Waals surface area contributed by atoms with E-state index < -0.39 is 0 Å². The molecule has 0 saturated heterocycles. The molecule has 0 spiro atoms. The number of fused-ring (bicyclic) bond motifs is 1. The fourth-order valence-corrected chi connectivity index (χ4v) is 3.76. The van der Waals surface area contributed by atoms with Gasteiger partial charge in [-0.2, -0.15) is 0 Å². The minimum absolute atomic E-state index is 0.146. The topological polar surface area (TPSA) is 46.1 Å². The zero-order chi connectivity index (χ0) is 19.3. The zero-order valence-electron chi connectivity index (χ0n) is 14.8. The maximum absolute atomic E-state index is 13.0. The quantitative estimate of drug-likeness (QED) is 0.406. The van der Waals surface area contributed by atoms with Crippen LogP contribution in [0.25, 0.3) is 16.3 Å². The zero-order valence-corrected chi connectivity index (χ0v) is 16.4. The summed E-state index contributed by atoms with van der Waals surface area (Å²) in [5.41, 5.74) is 2.50. The van der Waals surface area contributed by atoms with Gasteiger partial charge in [-0.15, -0.1) is 11.3 Å². The van der Waals surface area contributed by atoms with Gasteiger partial charge in [0.05, 0.1) is 22.5 Å². The Morgan fingerprint density at radius 1 is 1.04 bits per heavy atom. The second-order valence-electron chi connectivity index (χ2n) is 6.08. The van der Waals surface area contributed by atoms with E-state index in [1.54, 1.807) is 46.7 Å². The SMILES string of the molecule is O=C(/C=C/c1nc2ccccc2s1)N(Cc1ccccn1)c1ccc(Cl)cc1. The molecule has 2 heterocycles. The van der Waals surface area contributed by atoms with Crippen molar-refractivity contribution in [2.24, 2.45) is 0 Å². The molecule has 4 rings (SSSR count). The Kier molecular flexibility index (Phi) is 5.46. The van der Waals surface area contributed by atoms with Gasteiger partial charge in [-0.05, 0) is 54.6 Å². The van der Waals surface area contributed by atoms with Crippen LogP contribution in [0.4, 0.5) is 5.69 Å². The smallest absolute Gasteiger partial charge is 0.251 e. The minimum atomic E-state index is -0.146. The van der Waals surface area contributed by atoms with Gasteiger partial charge >= 0.3 is 0 Å². The molecule has 0 bridgehead atoms. The summed E-state index contributed by atoms with van der Waals surface area (Å²) >= 11 is 7.55. The summed E-state index contributed by atoms with van der Waals surface area (Å²) in [6, 6.07) is 20.8. The Morgan fingerprint density at radius 3 is 2.57 bits per heavy atom. The number of benzene rings is 2. The molecule has 1 amide bonds. The fraction of sp³-hybridized carbons (Fsp3) is 0.0455. The number of amides is 1. The van der Waals surface area contributed by atoms with Crippen LogP contribution in [0.5, 0.6) is 0 Å². The average molecular weight is 406 g/mol. The van der Waals surface area contributed by atoms with E-state index in [4.69, 9.17) is 11.6 Å². The van der Waals surface area contributed by atoms with Crippen LogP contribution in [-0.2, 0) is 11.3 Å². The van der Waals surface area contributed by atoms with Crippen molar-refractivity contribution in [3.63, 3.8) is 0 Å². The second-order valence-corrected chi connectivity index (χ2v) is 7.57. The number of hydrogen-bond donors (Lipinski definition) is 0. The van der Waals surface area contributed by atoms with E-state index in [1.165, 1.54) is 0 Å². The van der Waals surface area contributed by atoms with Crippen LogP contribution in [0.15, 0.2) is 79.0 Å². The first kappa shape index (κ1) is 18.3. The number of rotatable bonds is 5. The minimum Gasteiger partial charge on any atom is -0.303 e. The Morgan fingerprint density at radius 2 is 1.82 bits per heavy atom. The number of carbonyl (C=O) groups is 1. The monoisotopic (exact) mass is 405 g/mol. The first-order valence-corrected chi connectivity index (χ1v) is 9.89. The van der Waals surface area contributed by atoms with Gasteiger partial charge in [-0.3, -0.25) is 9.78 Å². The molecule has 0 N–H and O–H groups in total. The van der Waals surface area contributed by atoms with E-state index in [-0.39, 0.29) is 5.91 Å². The third kappa shape index (κ3) is 4.27. The van der Waals surface area contributed by atoms with Gasteiger partial charge in [0, 0.05) is 23.0 Å². The Balaban J connectivity index is 1.60. The highest BCUT2D eigenvalue weighted by molar-refractivity contribution is 7.19. The Hall–Kier alpha value is -3.02. The highest BCUT2D eigenvalue weighted by atomic mass is 35.5. The molecule has 0 unspecified atom stereocenters. The molecule has 0 aliphatic carbocycles. The van der Waals surface area contributed by atoms with Gasteiger partial charge in [-0.25, -0.2) is 4.98 Å². The predicted octanol–water partition coefficient (Wildman–Crippen LogP) is 5.59. The van der Waals surface area contributed by atoms with Crippen LogP contribution in [0.2, 0.25) is 5.02 Å². The van der Waals surface area contributed by atoms with E-state index in [0.717, 1.165) is 26.6 Å². The molecule has 0 aliphatic heterocycles. The van der Waals surface area contributed by atoms with E-state index >= 15 is 0 Å².